The predicted molar refractivity (Wildman–Crippen MR) is 138 cm³/mol. The highest BCUT2D eigenvalue weighted by Gasteiger charge is 2.08. The zero-order valence-electron chi connectivity index (χ0n) is 19.2. The van der Waals surface area contributed by atoms with E-state index in [0.29, 0.717) is 5.75 Å². The molecule has 0 aliphatic rings. The number of nitrogens with two attached hydrogens (primary N) is 2. The van der Waals surface area contributed by atoms with Crippen molar-refractivity contribution in [3.63, 3.8) is 0 Å². The number of hydrogen-bond acceptors (Lipinski definition) is 14. The molecule has 0 saturated carbocycles. The Hall–Kier alpha value is -4.97. The second-order valence-corrected chi connectivity index (χ2v) is 8.40. The van der Waals surface area contributed by atoms with Crippen LogP contribution < -0.4 is 22.0 Å². The van der Waals surface area contributed by atoms with E-state index in [9.17, 15) is 25.0 Å². The summed E-state index contributed by atoms with van der Waals surface area (Å²) in [6.07, 6.45) is 2.36. The molecule has 0 atom stereocenters. The van der Waals surface area contributed by atoms with Gasteiger partial charge in [0.25, 0.3) is 16.9 Å². The molecule has 4 rings (SSSR count). The lowest BCUT2D eigenvalue weighted by molar-refractivity contribution is -0.385. The van der Waals surface area contributed by atoms with Gasteiger partial charge in [-0.2, -0.15) is 19.5 Å². The fraction of sp³-hybridized carbons (Fsp3) is 0.100. The number of aromatic nitrogens is 6. The first-order chi connectivity index (χ1) is 18.2. The minimum Gasteiger partial charge on any atom is -0.472 e. The van der Waals surface area contributed by atoms with Gasteiger partial charge in [-0.1, -0.05) is 23.9 Å². The van der Waals surface area contributed by atoms with Gasteiger partial charge in [-0.15, -0.1) is 10.2 Å². The molecule has 18 heteroatoms. The highest BCUT2D eigenvalue weighted by Crippen LogP contribution is 2.20. The third-order valence-corrected chi connectivity index (χ3v) is 5.85. The first-order valence-electron chi connectivity index (χ1n) is 10.3. The normalized spacial score (nSPS) is 10.2. The van der Waals surface area contributed by atoms with Gasteiger partial charge in [0.05, 0.1) is 9.85 Å². The minimum atomic E-state index is -0.464. The van der Waals surface area contributed by atoms with E-state index < -0.39 is 15.4 Å². The van der Waals surface area contributed by atoms with Gasteiger partial charge in [-0.25, -0.2) is 0 Å². The molecule has 38 heavy (non-hydrogen) atoms. The van der Waals surface area contributed by atoms with Crippen molar-refractivity contribution in [3.8, 4) is 5.88 Å². The van der Waals surface area contributed by atoms with E-state index in [1.165, 1.54) is 42.2 Å². The van der Waals surface area contributed by atoms with Crippen molar-refractivity contribution >= 4 is 35.4 Å². The van der Waals surface area contributed by atoms with Crippen LogP contribution in [0.1, 0.15) is 11.1 Å². The third kappa shape index (κ3) is 7.51. The van der Waals surface area contributed by atoms with Crippen LogP contribution in [0.15, 0.2) is 70.9 Å². The Kier molecular flexibility index (Phi) is 9.32. The maximum absolute atomic E-state index is 11.2. The van der Waals surface area contributed by atoms with Gasteiger partial charge >= 0.3 is 0 Å². The van der Waals surface area contributed by atoms with Gasteiger partial charge in [0, 0.05) is 30.0 Å². The lowest BCUT2D eigenvalue weighted by atomic mass is 10.2. The van der Waals surface area contributed by atoms with E-state index in [2.05, 4.69) is 20.4 Å². The summed E-state index contributed by atoms with van der Waals surface area (Å²) in [5, 5.41) is 35.7. The number of nitrogen functional groups attached to an aromatic ring is 2. The summed E-state index contributed by atoms with van der Waals surface area (Å²) >= 11 is 6.05. The standard InChI is InChI=1S/2C10H9N5O3S/c11-14-9(5-12-13-10(14)19)18-6-7-1-3-8(4-2-7)15(16)17;11-14-9(16)5-12-13-10(14)19-6-7-1-3-8(4-2-7)15(17)18/h2*1-5H,6,11H2. The van der Waals surface area contributed by atoms with Crippen molar-refractivity contribution in [1.82, 2.24) is 29.7 Å². The van der Waals surface area contributed by atoms with Gasteiger partial charge in [-0.05, 0) is 35.5 Å². The monoisotopic (exact) mass is 558 g/mol. The summed E-state index contributed by atoms with van der Waals surface area (Å²) in [6, 6.07) is 12.1. The first-order valence-corrected chi connectivity index (χ1v) is 11.7. The van der Waals surface area contributed by atoms with Crippen molar-refractivity contribution in [2.24, 2.45) is 0 Å². The molecule has 0 saturated heterocycles. The van der Waals surface area contributed by atoms with Crippen molar-refractivity contribution < 1.29 is 14.6 Å². The molecule has 0 amide bonds. The van der Waals surface area contributed by atoms with Crippen LogP contribution in [0.2, 0.25) is 0 Å². The number of nitrogens with zero attached hydrogens (tertiary/aromatic N) is 8. The number of nitro benzene ring substituents is 2. The quantitative estimate of drug-likeness (QED) is 0.103. The Morgan fingerprint density at radius 1 is 0.868 bits per heavy atom. The Bertz CT molecular complexity index is 1430. The van der Waals surface area contributed by atoms with Gasteiger partial charge in [0.1, 0.15) is 19.0 Å². The fourth-order valence-corrected chi connectivity index (χ4v) is 3.56. The van der Waals surface area contributed by atoms with E-state index in [4.69, 9.17) is 28.6 Å². The lowest BCUT2D eigenvalue weighted by Crippen LogP contribution is -2.29. The van der Waals surface area contributed by atoms with Gasteiger partial charge in [0.2, 0.25) is 15.8 Å². The highest BCUT2D eigenvalue weighted by atomic mass is 32.2. The average molecular weight is 559 g/mol. The first kappa shape index (κ1) is 27.6. The molecule has 16 nitrogen and oxygen atoms in total. The molecule has 0 radical (unpaired) electrons. The van der Waals surface area contributed by atoms with Crippen molar-refractivity contribution in [2.45, 2.75) is 17.5 Å². The Morgan fingerprint density at radius 3 is 2.00 bits per heavy atom. The van der Waals surface area contributed by atoms with E-state index in [1.807, 2.05) is 0 Å². The van der Waals surface area contributed by atoms with Crippen LogP contribution in [0.3, 0.4) is 0 Å². The number of benzene rings is 2. The Balaban J connectivity index is 0.000000211. The molecule has 0 spiro atoms. The summed E-state index contributed by atoms with van der Waals surface area (Å²) < 4.78 is 7.50. The van der Waals surface area contributed by atoms with Crippen LogP contribution in [0.5, 0.6) is 5.88 Å². The van der Waals surface area contributed by atoms with Crippen LogP contribution >= 0.6 is 24.0 Å². The zero-order chi connectivity index (χ0) is 27.7. The Labute approximate surface area is 222 Å². The van der Waals surface area contributed by atoms with Crippen molar-refractivity contribution in [3.05, 3.63) is 107 Å². The summed E-state index contributed by atoms with van der Waals surface area (Å²) in [5.41, 5.74) is 1.23. The largest absolute Gasteiger partial charge is 0.472 e. The van der Waals surface area contributed by atoms with Crippen molar-refractivity contribution in [1.29, 1.82) is 0 Å². The molecule has 4 aromatic rings. The fourth-order valence-electron chi connectivity index (χ4n) is 2.60. The van der Waals surface area contributed by atoms with Gasteiger partial charge in [-0.3, -0.25) is 25.0 Å². The molecule has 196 valence electrons. The van der Waals surface area contributed by atoms with Crippen LogP contribution in [0.25, 0.3) is 0 Å². The minimum absolute atomic E-state index is 0.0241. The number of nitro groups is 2. The molecule has 0 fully saturated rings. The molecule has 0 bridgehead atoms. The topological polar surface area (TPSA) is 226 Å². The van der Waals surface area contributed by atoms with E-state index in [1.54, 1.807) is 24.3 Å². The molecule has 0 unspecified atom stereocenters. The molecule has 2 aromatic heterocycles. The lowest BCUT2D eigenvalue weighted by Gasteiger charge is -2.08. The third-order valence-electron chi connectivity index (χ3n) is 4.56. The number of non-ortho nitro benzene ring substituents is 2. The molecular weight excluding hydrogens is 540 g/mol. The maximum Gasteiger partial charge on any atom is 0.291 e. The predicted octanol–water partition coefficient (Wildman–Crippen LogP) is 1.76. The van der Waals surface area contributed by atoms with E-state index >= 15 is 0 Å². The molecule has 4 N–H and O–H groups in total. The second-order valence-electron chi connectivity index (χ2n) is 7.10. The van der Waals surface area contributed by atoms with Crippen LogP contribution in [0.4, 0.5) is 11.4 Å². The smallest absolute Gasteiger partial charge is 0.291 e. The molecule has 0 aliphatic carbocycles. The van der Waals surface area contributed by atoms with Gasteiger partial charge < -0.3 is 16.4 Å². The SMILES string of the molecule is Nn1c(OCc2ccc([N+](=O)[O-])cc2)cnnc1=S.Nn1c(SCc2ccc([N+](=O)[O-])cc2)nncc1=O. The average Bonchev–Trinajstić information content (AvgIpc) is 2.91. The molecule has 2 aromatic carbocycles. The number of ether oxygens (including phenoxy) is 1. The highest BCUT2D eigenvalue weighted by molar-refractivity contribution is 7.98. The molecule has 0 aliphatic heterocycles. The van der Waals surface area contributed by atoms with Crippen molar-refractivity contribution in [2.75, 3.05) is 11.7 Å². The number of thioether (sulfide) groups is 1. The number of hydrogen-bond donors (Lipinski definition) is 2. The summed E-state index contributed by atoms with van der Waals surface area (Å²) in [4.78, 5) is 31.3. The van der Waals surface area contributed by atoms with E-state index in [-0.39, 0.29) is 33.8 Å². The summed E-state index contributed by atoms with van der Waals surface area (Å²) in [5.74, 6) is 11.9. The molecule has 2 heterocycles. The van der Waals surface area contributed by atoms with Gasteiger partial charge in [0.15, 0.2) is 0 Å². The maximum atomic E-state index is 11.2. The second kappa shape index (κ2) is 12.8. The summed E-state index contributed by atoms with van der Waals surface area (Å²) in [6.45, 7) is 0.190. The Morgan fingerprint density at radius 2 is 1.42 bits per heavy atom. The number of rotatable bonds is 8. The van der Waals surface area contributed by atoms with E-state index in [0.717, 1.165) is 26.7 Å². The van der Waals surface area contributed by atoms with Crippen LogP contribution in [0, 0.1) is 25.0 Å². The zero-order valence-corrected chi connectivity index (χ0v) is 20.8. The van der Waals surface area contributed by atoms with Crippen LogP contribution in [-0.2, 0) is 12.4 Å². The van der Waals surface area contributed by atoms with Crippen LogP contribution in [-0.4, -0.2) is 39.6 Å². The molecular formula is C20H18N10O6S2. The summed E-state index contributed by atoms with van der Waals surface area (Å²) in [7, 11) is 0.